The zero-order chi connectivity index (χ0) is 8.10. The predicted molar refractivity (Wildman–Crippen MR) is 46.6 cm³/mol. The lowest BCUT2D eigenvalue weighted by Gasteiger charge is -2.08. The first-order chi connectivity index (χ1) is 5.34. The highest BCUT2D eigenvalue weighted by atomic mass is 35.5. The van der Waals surface area contributed by atoms with Crippen LogP contribution in [-0.4, -0.2) is 9.55 Å². The van der Waals surface area contributed by atoms with E-state index in [-0.39, 0.29) is 5.50 Å². The standard InChI is InChI=1S/C8H13ClN2/c1-2-3-4-8(9)11-6-5-10-7-11/h5-8H,2-4H2,1H3. The third-order valence-corrected chi connectivity index (χ3v) is 2.09. The molecule has 1 aromatic rings. The minimum atomic E-state index is 0.0810. The van der Waals surface area contributed by atoms with E-state index in [0.717, 1.165) is 6.42 Å². The Labute approximate surface area is 72.2 Å². The van der Waals surface area contributed by atoms with Gasteiger partial charge in [-0.3, -0.25) is 0 Å². The Kier molecular flexibility index (Phi) is 3.43. The van der Waals surface area contributed by atoms with Crippen LogP contribution in [0.25, 0.3) is 0 Å². The van der Waals surface area contributed by atoms with Crippen molar-refractivity contribution in [1.29, 1.82) is 0 Å². The van der Waals surface area contributed by atoms with Crippen LogP contribution in [0.5, 0.6) is 0 Å². The first-order valence-corrected chi connectivity index (χ1v) is 4.39. The molecule has 1 aromatic heterocycles. The number of rotatable bonds is 4. The number of imidazole rings is 1. The Morgan fingerprint density at radius 2 is 2.45 bits per heavy atom. The van der Waals surface area contributed by atoms with Crippen molar-refractivity contribution in [3.63, 3.8) is 0 Å². The molecule has 3 heteroatoms. The molecule has 0 radical (unpaired) electrons. The van der Waals surface area contributed by atoms with E-state index >= 15 is 0 Å². The monoisotopic (exact) mass is 172 g/mol. The summed E-state index contributed by atoms with van der Waals surface area (Å²) in [5.74, 6) is 0. The van der Waals surface area contributed by atoms with E-state index in [4.69, 9.17) is 11.6 Å². The summed E-state index contributed by atoms with van der Waals surface area (Å²) in [6, 6.07) is 0. The largest absolute Gasteiger partial charge is 0.321 e. The summed E-state index contributed by atoms with van der Waals surface area (Å²) in [6.07, 6.45) is 8.79. The van der Waals surface area contributed by atoms with Crippen molar-refractivity contribution in [2.45, 2.75) is 31.7 Å². The molecule has 0 aliphatic rings. The Balaban J connectivity index is 2.36. The molecular formula is C8H13ClN2. The molecule has 0 saturated heterocycles. The number of alkyl halides is 1. The SMILES string of the molecule is CCCCC(Cl)n1ccnc1. The number of aromatic nitrogens is 2. The van der Waals surface area contributed by atoms with E-state index in [9.17, 15) is 0 Å². The summed E-state index contributed by atoms with van der Waals surface area (Å²) in [6.45, 7) is 2.16. The summed E-state index contributed by atoms with van der Waals surface area (Å²) in [5.41, 5.74) is 0.0810. The summed E-state index contributed by atoms with van der Waals surface area (Å²) in [4.78, 5) is 3.93. The summed E-state index contributed by atoms with van der Waals surface area (Å²) >= 11 is 6.05. The average Bonchev–Trinajstić information content (AvgIpc) is 2.52. The molecule has 0 spiro atoms. The van der Waals surface area contributed by atoms with Gasteiger partial charge in [0.1, 0.15) is 5.50 Å². The van der Waals surface area contributed by atoms with Crippen LogP contribution in [0, 0.1) is 0 Å². The van der Waals surface area contributed by atoms with E-state index in [1.165, 1.54) is 12.8 Å². The maximum atomic E-state index is 6.05. The first kappa shape index (κ1) is 8.60. The smallest absolute Gasteiger partial charge is 0.109 e. The molecule has 11 heavy (non-hydrogen) atoms. The topological polar surface area (TPSA) is 17.8 Å². The lowest BCUT2D eigenvalue weighted by molar-refractivity contribution is 0.577. The second-order valence-electron chi connectivity index (χ2n) is 2.59. The normalized spacial score (nSPS) is 13.3. The van der Waals surface area contributed by atoms with Crippen LogP contribution in [0.2, 0.25) is 0 Å². The van der Waals surface area contributed by atoms with Crippen molar-refractivity contribution in [1.82, 2.24) is 9.55 Å². The lowest BCUT2D eigenvalue weighted by Crippen LogP contribution is -1.98. The van der Waals surface area contributed by atoms with Gasteiger partial charge in [0, 0.05) is 12.4 Å². The number of nitrogens with zero attached hydrogens (tertiary/aromatic N) is 2. The number of hydrogen-bond acceptors (Lipinski definition) is 1. The van der Waals surface area contributed by atoms with E-state index < -0.39 is 0 Å². The molecule has 1 atom stereocenters. The van der Waals surface area contributed by atoms with Crippen molar-refractivity contribution in [2.24, 2.45) is 0 Å². The third-order valence-electron chi connectivity index (χ3n) is 1.64. The molecule has 1 unspecified atom stereocenters. The Morgan fingerprint density at radius 3 is 3.00 bits per heavy atom. The van der Waals surface area contributed by atoms with Crippen LogP contribution >= 0.6 is 11.6 Å². The highest BCUT2D eigenvalue weighted by molar-refractivity contribution is 6.19. The van der Waals surface area contributed by atoms with Crippen LogP contribution in [0.4, 0.5) is 0 Å². The van der Waals surface area contributed by atoms with Crippen molar-refractivity contribution >= 4 is 11.6 Å². The summed E-state index contributed by atoms with van der Waals surface area (Å²) in [5, 5.41) is 0. The minimum absolute atomic E-state index is 0.0810. The fraction of sp³-hybridized carbons (Fsp3) is 0.625. The highest BCUT2D eigenvalue weighted by Gasteiger charge is 2.03. The number of unbranched alkanes of at least 4 members (excludes halogenated alkanes) is 1. The van der Waals surface area contributed by atoms with Gasteiger partial charge in [-0.15, -0.1) is 0 Å². The predicted octanol–water partition coefficient (Wildman–Crippen LogP) is 2.81. The van der Waals surface area contributed by atoms with Crippen molar-refractivity contribution < 1.29 is 0 Å². The highest BCUT2D eigenvalue weighted by Crippen LogP contribution is 2.18. The van der Waals surface area contributed by atoms with Crippen molar-refractivity contribution in [3.05, 3.63) is 18.7 Å². The van der Waals surface area contributed by atoms with Crippen molar-refractivity contribution in [3.8, 4) is 0 Å². The minimum Gasteiger partial charge on any atom is -0.321 e. The van der Waals surface area contributed by atoms with Gasteiger partial charge in [-0.25, -0.2) is 4.98 Å². The maximum Gasteiger partial charge on any atom is 0.109 e. The van der Waals surface area contributed by atoms with Gasteiger partial charge in [-0.05, 0) is 6.42 Å². The molecule has 62 valence electrons. The summed E-state index contributed by atoms with van der Waals surface area (Å²) < 4.78 is 1.93. The molecule has 0 amide bonds. The van der Waals surface area contributed by atoms with Gasteiger partial charge in [0.05, 0.1) is 6.33 Å². The Bertz CT molecular complexity index is 184. The van der Waals surface area contributed by atoms with E-state index in [2.05, 4.69) is 11.9 Å². The van der Waals surface area contributed by atoms with Crippen LogP contribution in [-0.2, 0) is 0 Å². The molecule has 1 rings (SSSR count). The quantitative estimate of drug-likeness (QED) is 0.639. The molecule has 0 bridgehead atoms. The fourth-order valence-corrected chi connectivity index (χ4v) is 1.23. The van der Waals surface area contributed by atoms with Gasteiger partial charge in [0.25, 0.3) is 0 Å². The van der Waals surface area contributed by atoms with Crippen LogP contribution in [0.1, 0.15) is 31.7 Å². The molecule has 0 N–H and O–H groups in total. The molecule has 0 aliphatic heterocycles. The van der Waals surface area contributed by atoms with Crippen LogP contribution < -0.4 is 0 Å². The van der Waals surface area contributed by atoms with Gasteiger partial charge < -0.3 is 4.57 Å². The maximum absolute atomic E-state index is 6.05. The molecule has 2 nitrogen and oxygen atoms in total. The molecule has 1 heterocycles. The molecule has 0 aliphatic carbocycles. The van der Waals surface area contributed by atoms with Gasteiger partial charge in [-0.1, -0.05) is 31.4 Å². The van der Waals surface area contributed by atoms with Gasteiger partial charge in [0.15, 0.2) is 0 Å². The number of halogens is 1. The van der Waals surface area contributed by atoms with E-state index in [1.54, 1.807) is 12.5 Å². The van der Waals surface area contributed by atoms with Gasteiger partial charge in [0.2, 0.25) is 0 Å². The Morgan fingerprint density at radius 1 is 1.64 bits per heavy atom. The fourth-order valence-electron chi connectivity index (χ4n) is 0.957. The first-order valence-electron chi connectivity index (χ1n) is 3.96. The van der Waals surface area contributed by atoms with Crippen LogP contribution in [0.15, 0.2) is 18.7 Å². The summed E-state index contributed by atoms with van der Waals surface area (Å²) in [7, 11) is 0. The third kappa shape index (κ3) is 2.54. The molecular weight excluding hydrogens is 160 g/mol. The van der Waals surface area contributed by atoms with Gasteiger partial charge >= 0.3 is 0 Å². The average molecular weight is 173 g/mol. The zero-order valence-corrected chi connectivity index (χ0v) is 7.46. The van der Waals surface area contributed by atoms with Gasteiger partial charge in [-0.2, -0.15) is 0 Å². The van der Waals surface area contributed by atoms with E-state index in [0.29, 0.717) is 0 Å². The lowest BCUT2D eigenvalue weighted by atomic mass is 10.2. The zero-order valence-electron chi connectivity index (χ0n) is 6.70. The van der Waals surface area contributed by atoms with Crippen molar-refractivity contribution in [2.75, 3.05) is 0 Å². The van der Waals surface area contributed by atoms with E-state index in [1.807, 2.05) is 10.8 Å². The molecule has 0 fully saturated rings. The second-order valence-corrected chi connectivity index (χ2v) is 3.09. The second kappa shape index (κ2) is 4.39. The van der Waals surface area contributed by atoms with Crippen LogP contribution in [0.3, 0.4) is 0 Å². The number of hydrogen-bond donors (Lipinski definition) is 0. The molecule has 0 saturated carbocycles. The molecule has 0 aromatic carbocycles. The Hall–Kier alpha value is -0.500.